The molecule has 0 radical (unpaired) electrons. The summed E-state index contributed by atoms with van der Waals surface area (Å²) in [6.07, 6.45) is 0. The van der Waals surface area contributed by atoms with E-state index in [1.54, 1.807) is 22.6 Å². The van der Waals surface area contributed by atoms with Crippen molar-refractivity contribution in [2.24, 2.45) is 0 Å². The Morgan fingerprint density at radius 1 is 1.15 bits per heavy atom. The van der Waals surface area contributed by atoms with Gasteiger partial charge in [0.15, 0.2) is 0 Å². The maximum Gasteiger partial charge on any atom is 0.318 e. The molecule has 8 nitrogen and oxygen atoms in total. The van der Waals surface area contributed by atoms with E-state index in [0.29, 0.717) is 47.9 Å². The van der Waals surface area contributed by atoms with Gasteiger partial charge in [-0.05, 0) is 71.0 Å². The standard InChI is InChI=1S/C26H34N4O4/c1-7-34-20-14-12-19(13-15-20)30-23(27-22-11-9-8-10-21(22)24(30)31)18(2)29(16-17-33-6)25(32)28-26(3,4)5/h8-15,18H,7,16-17H2,1-6H3,(H,28,32). The van der Waals surface area contributed by atoms with Crippen LogP contribution in [0.5, 0.6) is 5.75 Å². The first-order valence-electron chi connectivity index (χ1n) is 11.5. The summed E-state index contributed by atoms with van der Waals surface area (Å²) >= 11 is 0. The number of amides is 2. The van der Waals surface area contributed by atoms with Crippen LogP contribution < -0.4 is 15.6 Å². The third-order valence-corrected chi connectivity index (χ3v) is 5.33. The number of aromatic nitrogens is 2. The molecule has 182 valence electrons. The predicted octanol–water partition coefficient (Wildman–Crippen LogP) is 4.30. The molecule has 0 aliphatic rings. The second-order valence-electron chi connectivity index (χ2n) is 9.10. The van der Waals surface area contributed by atoms with Gasteiger partial charge in [0.2, 0.25) is 0 Å². The fourth-order valence-corrected chi connectivity index (χ4v) is 3.73. The first-order chi connectivity index (χ1) is 16.2. The summed E-state index contributed by atoms with van der Waals surface area (Å²) in [6.45, 7) is 10.8. The molecule has 0 bridgehead atoms. The van der Waals surface area contributed by atoms with Crippen molar-refractivity contribution in [3.63, 3.8) is 0 Å². The van der Waals surface area contributed by atoms with Crippen molar-refractivity contribution in [1.29, 1.82) is 0 Å². The minimum Gasteiger partial charge on any atom is -0.494 e. The number of fused-ring (bicyclic) bond motifs is 1. The lowest BCUT2D eigenvalue weighted by molar-refractivity contribution is 0.126. The summed E-state index contributed by atoms with van der Waals surface area (Å²) < 4.78 is 12.4. The summed E-state index contributed by atoms with van der Waals surface area (Å²) in [5.74, 6) is 1.18. The van der Waals surface area contributed by atoms with Gasteiger partial charge in [0.25, 0.3) is 5.56 Å². The zero-order valence-corrected chi connectivity index (χ0v) is 20.8. The number of ether oxygens (including phenoxy) is 2. The maximum absolute atomic E-state index is 13.6. The average Bonchev–Trinajstić information content (AvgIpc) is 2.79. The van der Waals surface area contributed by atoms with Crippen LogP contribution >= 0.6 is 0 Å². The molecule has 1 heterocycles. The Balaban J connectivity index is 2.17. The summed E-state index contributed by atoms with van der Waals surface area (Å²) in [5.41, 5.74) is 0.615. The summed E-state index contributed by atoms with van der Waals surface area (Å²) in [4.78, 5) is 33.4. The molecule has 1 N–H and O–H groups in total. The molecule has 3 aromatic rings. The minimum atomic E-state index is -0.513. The molecule has 3 rings (SSSR count). The highest BCUT2D eigenvalue weighted by molar-refractivity contribution is 5.78. The van der Waals surface area contributed by atoms with Crippen LogP contribution in [0, 0.1) is 0 Å². The van der Waals surface area contributed by atoms with E-state index in [9.17, 15) is 9.59 Å². The van der Waals surface area contributed by atoms with Gasteiger partial charge in [-0.15, -0.1) is 0 Å². The second kappa shape index (κ2) is 10.7. The number of carbonyl (C=O) groups is 1. The molecule has 0 aliphatic heterocycles. The molecular weight excluding hydrogens is 432 g/mol. The van der Waals surface area contributed by atoms with Crippen molar-refractivity contribution >= 4 is 16.9 Å². The van der Waals surface area contributed by atoms with Crippen molar-refractivity contribution < 1.29 is 14.3 Å². The molecular formula is C26H34N4O4. The molecule has 1 atom stereocenters. The highest BCUT2D eigenvalue weighted by Crippen LogP contribution is 2.24. The molecule has 34 heavy (non-hydrogen) atoms. The lowest BCUT2D eigenvalue weighted by Gasteiger charge is -2.33. The van der Waals surface area contributed by atoms with Crippen LogP contribution in [0.2, 0.25) is 0 Å². The Labute approximate surface area is 200 Å². The van der Waals surface area contributed by atoms with Crippen LogP contribution in [0.25, 0.3) is 16.6 Å². The number of benzene rings is 2. The van der Waals surface area contributed by atoms with Gasteiger partial charge in [0, 0.05) is 19.2 Å². The van der Waals surface area contributed by atoms with E-state index in [2.05, 4.69) is 5.32 Å². The van der Waals surface area contributed by atoms with Gasteiger partial charge in [-0.3, -0.25) is 9.36 Å². The quantitative estimate of drug-likeness (QED) is 0.535. The average molecular weight is 467 g/mol. The zero-order chi connectivity index (χ0) is 24.9. The minimum absolute atomic E-state index is 0.195. The van der Waals surface area contributed by atoms with Gasteiger partial charge in [-0.1, -0.05) is 12.1 Å². The number of nitrogens with one attached hydrogen (secondary N) is 1. The second-order valence-corrected chi connectivity index (χ2v) is 9.10. The Kier molecular flexibility index (Phi) is 7.94. The molecule has 0 saturated heterocycles. The molecule has 8 heteroatoms. The summed E-state index contributed by atoms with van der Waals surface area (Å²) in [7, 11) is 1.59. The Hall–Kier alpha value is -3.39. The van der Waals surface area contributed by atoms with Gasteiger partial charge in [0.05, 0.1) is 35.8 Å². The van der Waals surface area contributed by atoms with Crippen molar-refractivity contribution in [2.75, 3.05) is 26.9 Å². The number of methoxy groups -OCH3 is 1. The fraction of sp³-hybridized carbons (Fsp3) is 0.423. The van der Waals surface area contributed by atoms with E-state index in [-0.39, 0.29) is 11.6 Å². The van der Waals surface area contributed by atoms with Crippen molar-refractivity contribution in [3.8, 4) is 11.4 Å². The Bertz CT molecular complexity index is 1180. The number of urea groups is 1. The first kappa shape index (κ1) is 25.2. The number of hydrogen-bond donors (Lipinski definition) is 1. The van der Waals surface area contributed by atoms with E-state index in [1.807, 2.05) is 77.1 Å². The zero-order valence-electron chi connectivity index (χ0n) is 20.8. The van der Waals surface area contributed by atoms with Crippen LogP contribution in [0.15, 0.2) is 53.3 Å². The van der Waals surface area contributed by atoms with Crippen LogP contribution in [0.1, 0.15) is 46.5 Å². The number of nitrogens with zero attached hydrogens (tertiary/aromatic N) is 3. The fourth-order valence-electron chi connectivity index (χ4n) is 3.73. The van der Waals surface area contributed by atoms with Gasteiger partial charge in [-0.2, -0.15) is 0 Å². The molecule has 1 unspecified atom stereocenters. The predicted molar refractivity (Wildman–Crippen MR) is 134 cm³/mol. The van der Waals surface area contributed by atoms with Crippen LogP contribution in [-0.2, 0) is 4.74 Å². The molecule has 0 fully saturated rings. The largest absolute Gasteiger partial charge is 0.494 e. The molecule has 0 aliphatic carbocycles. The Morgan fingerprint density at radius 2 is 1.82 bits per heavy atom. The molecule has 1 aromatic heterocycles. The van der Waals surface area contributed by atoms with Gasteiger partial charge < -0.3 is 19.7 Å². The molecule has 2 aromatic carbocycles. The summed E-state index contributed by atoms with van der Waals surface area (Å²) in [5, 5.41) is 3.52. The lowest BCUT2D eigenvalue weighted by atomic mass is 10.1. The number of para-hydroxylation sites is 1. The van der Waals surface area contributed by atoms with E-state index >= 15 is 0 Å². The topological polar surface area (TPSA) is 85.7 Å². The third-order valence-electron chi connectivity index (χ3n) is 5.33. The van der Waals surface area contributed by atoms with E-state index in [0.717, 1.165) is 0 Å². The van der Waals surface area contributed by atoms with E-state index < -0.39 is 11.6 Å². The van der Waals surface area contributed by atoms with Gasteiger partial charge in [0.1, 0.15) is 11.6 Å². The van der Waals surface area contributed by atoms with Gasteiger partial charge in [-0.25, -0.2) is 9.78 Å². The normalized spacial score (nSPS) is 12.4. The van der Waals surface area contributed by atoms with E-state index in [4.69, 9.17) is 14.5 Å². The monoisotopic (exact) mass is 466 g/mol. The summed E-state index contributed by atoms with van der Waals surface area (Å²) in [6, 6.07) is 13.8. The van der Waals surface area contributed by atoms with Gasteiger partial charge >= 0.3 is 6.03 Å². The van der Waals surface area contributed by atoms with Crippen molar-refractivity contribution in [3.05, 3.63) is 64.7 Å². The van der Waals surface area contributed by atoms with Crippen LogP contribution in [0.3, 0.4) is 0 Å². The number of rotatable bonds is 8. The van der Waals surface area contributed by atoms with E-state index in [1.165, 1.54) is 0 Å². The molecule has 0 spiro atoms. The number of carbonyl (C=O) groups excluding carboxylic acids is 1. The molecule has 0 saturated carbocycles. The van der Waals surface area contributed by atoms with Crippen molar-refractivity contribution in [2.45, 2.75) is 46.2 Å². The van der Waals surface area contributed by atoms with Crippen molar-refractivity contribution in [1.82, 2.24) is 19.8 Å². The highest BCUT2D eigenvalue weighted by Gasteiger charge is 2.28. The Morgan fingerprint density at radius 3 is 2.44 bits per heavy atom. The van der Waals surface area contributed by atoms with Crippen LogP contribution in [0.4, 0.5) is 4.79 Å². The SMILES string of the molecule is CCOc1ccc(-n2c(C(C)N(CCOC)C(=O)NC(C)(C)C)nc3ccccc3c2=O)cc1. The lowest BCUT2D eigenvalue weighted by Crippen LogP contribution is -2.50. The molecule has 2 amide bonds. The smallest absolute Gasteiger partial charge is 0.318 e. The number of hydrogen-bond acceptors (Lipinski definition) is 5. The van der Waals surface area contributed by atoms with Crippen LogP contribution in [-0.4, -0.2) is 52.9 Å². The highest BCUT2D eigenvalue weighted by atomic mass is 16.5. The maximum atomic E-state index is 13.6. The first-order valence-corrected chi connectivity index (χ1v) is 11.5. The third kappa shape index (κ3) is 5.75.